The van der Waals surface area contributed by atoms with Crippen molar-refractivity contribution >= 4 is 11.9 Å². The Balaban J connectivity index is 2.28. The Bertz CT molecular complexity index is 636. The number of ether oxygens (including phenoxy) is 2. The molecule has 0 bridgehead atoms. The van der Waals surface area contributed by atoms with Crippen LogP contribution in [0.2, 0.25) is 0 Å². The van der Waals surface area contributed by atoms with E-state index in [0.29, 0.717) is 30.4 Å². The third kappa shape index (κ3) is 5.18. The van der Waals surface area contributed by atoms with Crippen molar-refractivity contribution in [3.05, 3.63) is 47.1 Å². The van der Waals surface area contributed by atoms with Crippen molar-refractivity contribution in [3.63, 3.8) is 0 Å². The van der Waals surface area contributed by atoms with Gasteiger partial charge in [-0.3, -0.25) is 0 Å². The summed E-state index contributed by atoms with van der Waals surface area (Å²) in [5.74, 6) is -0.713. The molecule has 0 aromatic rings. The van der Waals surface area contributed by atoms with Gasteiger partial charge in [0.1, 0.15) is 6.10 Å². The van der Waals surface area contributed by atoms with E-state index in [1.807, 2.05) is 6.08 Å². The van der Waals surface area contributed by atoms with E-state index < -0.39 is 0 Å². The van der Waals surface area contributed by atoms with Gasteiger partial charge in [0.25, 0.3) is 0 Å². The molecule has 0 N–H and O–H groups in total. The first-order valence-electron chi connectivity index (χ1n) is 8.90. The number of carbonyl (C=O) groups is 2. The van der Waals surface area contributed by atoms with Crippen LogP contribution in [0.4, 0.5) is 0 Å². The number of esters is 2. The Labute approximate surface area is 150 Å². The molecule has 2 aliphatic rings. The Morgan fingerprint density at radius 2 is 1.84 bits per heavy atom. The van der Waals surface area contributed by atoms with Gasteiger partial charge in [-0.1, -0.05) is 36.0 Å². The predicted molar refractivity (Wildman–Crippen MR) is 97.8 cm³/mol. The highest BCUT2D eigenvalue weighted by Crippen LogP contribution is 2.34. The van der Waals surface area contributed by atoms with Gasteiger partial charge >= 0.3 is 11.9 Å². The Morgan fingerprint density at radius 1 is 1.16 bits per heavy atom. The highest BCUT2D eigenvalue weighted by molar-refractivity contribution is 5.91. The van der Waals surface area contributed by atoms with Crippen molar-refractivity contribution in [2.24, 2.45) is 5.92 Å². The van der Waals surface area contributed by atoms with Crippen molar-refractivity contribution < 1.29 is 19.1 Å². The fourth-order valence-electron chi connectivity index (χ4n) is 3.36. The van der Waals surface area contributed by atoms with E-state index >= 15 is 0 Å². The molecular weight excluding hydrogens is 316 g/mol. The van der Waals surface area contributed by atoms with Crippen LogP contribution >= 0.6 is 0 Å². The Hall–Kier alpha value is -2.10. The van der Waals surface area contributed by atoms with Crippen molar-refractivity contribution in [2.45, 2.75) is 58.5 Å². The fraction of sp³-hybridized carbons (Fsp3) is 0.524. The van der Waals surface area contributed by atoms with Gasteiger partial charge in [-0.05, 0) is 46.0 Å². The minimum absolute atomic E-state index is 0.0873. The molecule has 2 rings (SSSR count). The average molecular weight is 344 g/mol. The summed E-state index contributed by atoms with van der Waals surface area (Å²) in [6.45, 7) is 8.09. The van der Waals surface area contributed by atoms with Crippen LogP contribution in [0.5, 0.6) is 0 Å². The van der Waals surface area contributed by atoms with E-state index in [1.165, 1.54) is 18.3 Å². The molecule has 4 nitrogen and oxygen atoms in total. The van der Waals surface area contributed by atoms with Crippen LogP contribution in [0.1, 0.15) is 52.4 Å². The maximum atomic E-state index is 12.0. The van der Waals surface area contributed by atoms with Gasteiger partial charge in [0.15, 0.2) is 0 Å². The summed E-state index contributed by atoms with van der Waals surface area (Å²) in [7, 11) is 1.40. The van der Waals surface area contributed by atoms with Crippen molar-refractivity contribution in [1.29, 1.82) is 0 Å². The minimum Gasteiger partial charge on any atom is -0.466 e. The summed E-state index contributed by atoms with van der Waals surface area (Å²) < 4.78 is 10.4. The summed E-state index contributed by atoms with van der Waals surface area (Å²) in [6.07, 6.45) is 10.8. The maximum absolute atomic E-state index is 12.0. The second-order valence-electron chi connectivity index (χ2n) is 6.91. The lowest BCUT2D eigenvalue weighted by Crippen LogP contribution is -2.17. The molecule has 1 fully saturated rings. The van der Waals surface area contributed by atoms with E-state index in [1.54, 1.807) is 0 Å². The van der Waals surface area contributed by atoms with Crippen LogP contribution in [0.15, 0.2) is 47.1 Å². The van der Waals surface area contributed by atoms with Gasteiger partial charge < -0.3 is 9.47 Å². The highest BCUT2D eigenvalue weighted by atomic mass is 16.6. The smallest absolute Gasteiger partial charge is 0.334 e. The monoisotopic (exact) mass is 344 g/mol. The lowest BCUT2D eigenvalue weighted by Gasteiger charge is -2.17. The lowest BCUT2D eigenvalue weighted by molar-refractivity contribution is -0.139. The topological polar surface area (TPSA) is 52.6 Å². The van der Waals surface area contributed by atoms with Gasteiger partial charge in [-0.25, -0.2) is 9.59 Å². The molecule has 1 aliphatic carbocycles. The third-order valence-electron chi connectivity index (χ3n) is 4.94. The van der Waals surface area contributed by atoms with Gasteiger partial charge in [0, 0.05) is 23.5 Å². The van der Waals surface area contributed by atoms with Crippen molar-refractivity contribution in [3.8, 4) is 0 Å². The zero-order valence-corrected chi connectivity index (χ0v) is 15.5. The number of carbonyl (C=O) groups excluding carboxylic acids is 2. The molecule has 1 aliphatic heterocycles. The van der Waals surface area contributed by atoms with Crippen LogP contribution in [0.25, 0.3) is 0 Å². The molecule has 0 saturated carbocycles. The molecule has 1 saturated heterocycles. The second kappa shape index (κ2) is 8.84. The first-order valence-corrected chi connectivity index (χ1v) is 8.90. The molecule has 4 heteroatoms. The van der Waals surface area contributed by atoms with Gasteiger partial charge in [0.05, 0.1) is 7.11 Å². The zero-order valence-electron chi connectivity index (χ0n) is 15.5. The Morgan fingerprint density at radius 3 is 2.56 bits per heavy atom. The quantitative estimate of drug-likeness (QED) is 0.401. The van der Waals surface area contributed by atoms with Crippen LogP contribution in [0.3, 0.4) is 0 Å². The first kappa shape index (κ1) is 19.2. The van der Waals surface area contributed by atoms with Crippen LogP contribution in [-0.4, -0.2) is 25.2 Å². The molecule has 1 heterocycles. The molecule has 0 radical (unpaired) electrons. The van der Waals surface area contributed by atoms with Gasteiger partial charge in [-0.2, -0.15) is 0 Å². The van der Waals surface area contributed by atoms with Crippen LogP contribution in [-0.2, 0) is 19.1 Å². The van der Waals surface area contributed by atoms with Gasteiger partial charge in [-0.15, -0.1) is 0 Å². The number of hydrogen-bond donors (Lipinski definition) is 0. The normalized spacial score (nSPS) is 32.0. The Kier molecular flexibility index (Phi) is 6.80. The van der Waals surface area contributed by atoms with Crippen LogP contribution < -0.4 is 0 Å². The van der Waals surface area contributed by atoms with Crippen molar-refractivity contribution in [2.75, 3.05) is 7.11 Å². The number of methoxy groups -OCH3 is 1. The highest BCUT2D eigenvalue weighted by Gasteiger charge is 2.37. The third-order valence-corrected chi connectivity index (χ3v) is 4.94. The summed E-state index contributed by atoms with van der Waals surface area (Å²) >= 11 is 0. The number of rotatable bonds is 1. The van der Waals surface area contributed by atoms with E-state index in [2.05, 4.69) is 32.6 Å². The summed E-state index contributed by atoms with van der Waals surface area (Å²) in [5, 5.41) is 0. The second-order valence-corrected chi connectivity index (χ2v) is 6.91. The minimum atomic E-state index is -0.322. The molecule has 0 aromatic carbocycles. The van der Waals surface area contributed by atoms with Crippen molar-refractivity contribution in [1.82, 2.24) is 0 Å². The summed E-state index contributed by atoms with van der Waals surface area (Å²) in [4.78, 5) is 24.0. The van der Waals surface area contributed by atoms with E-state index in [4.69, 9.17) is 9.47 Å². The van der Waals surface area contributed by atoms with Gasteiger partial charge in [0.2, 0.25) is 0 Å². The zero-order chi connectivity index (χ0) is 18.4. The molecule has 25 heavy (non-hydrogen) atoms. The molecule has 2 atom stereocenters. The number of allylic oxidation sites excluding steroid dienone is 4. The van der Waals surface area contributed by atoms with E-state index in [0.717, 1.165) is 19.3 Å². The average Bonchev–Trinajstić information content (AvgIpc) is 2.83. The summed E-state index contributed by atoms with van der Waals surface area (Å²) in [5.41, 5.74) is 3.70. The largest absolute Gasteiger partial charge is 0.466 e. The van der Waals surface area contributed by atoms with E-state index in [9.17, 15) is 9.59 Å². The molecule has 0 amide bonds. The number of hydrogen-bond acceptors (Lipinski definition) is 4. The molecular formula is C21H28O4. The SMILES string of the molecule is C=C1C(=O)O[C@H]2C/C(C)=C/CC/C(C)=C\CC/C(C(=O)OC)=C/C[C@H]12. The molecule has 0 unspecified atom stereocenters. The predicted octanol–water partition coefficient (Wildman–Crippen LogP) is 4.43. The number of fused-ring (bicyclic) bond motifs is 1. The maximum Gasteiger partial charge on any atom is 0.334 e. The first-order chi connectivity index (χ1) is 11.9. The van der Waals surface area contributed by atoms with E-state index in [-0.39, 0.29) is 24.0 Å². The molecule has 0 spiro atoms. The molecule has 0 aromatic heterocycles. The summed E-state index contributed by atoms with van der Waals surface area (Å²) in [6, 6.07) is 0. The standard InChI is InChI=1S/C21H28O4/c1-14-7-5-9-15(2)13-19-18(16(3)20(22)25-19)12-11-17(10-6-8-14)21(23)24-4/h8-9,11,18-19H,3,5-7,10,12-13H2,1-2,4H3/b14-8-,15-9+,17-11-/t18-,19+/m1/s1. The molecule has 136 valence electrons. The van der Waals surface area contributed by atoms with Crippen LogP contribution in [0, 0.1) is 5.92 Å². The fourth-order valence-corrected chi connectivity index (χ4v) is 3.36. The lowest BCUT2D eigenvalue weighted by atomic mass is 9.88.